The van der Waals surface area contributed by atoms with Crippen molar-refractivity contribution in [3.05, 3.63) is 41.5 Å². The van der Waals surface area contributed by atoms with Crippen molar-refractivity contribution in [1.29, 1.82) is 0 Å². The molecule has 0 amide bonds. The third-order valence-corrected chi connectivity index (χ3v) is 6.15. The van der Waals surface area contributed by atoms with E-state index in [1.807, 2.05) is 6.08 Å². The fourth-order valence-corrected chi connectivity index (χ4v) is 5.12. The molecule has 0 aromatic heterocycles. The lowest BCUT2D eigenvalue weighted by Gasteiger charge is -2.44. The molecule has 110 valence electrons. The molecule has 0 heterocycles. The van der Waals surface area contributed by atoms with Crippen molar-refractivity contribution in [2.45, 2.75) is 50.4 Å². The van der Waals surface area contributed by atoms with Gasteiger partial charge in [0, 0.05) is 11.8 Å². The second-order valence-electron chi connectivity index (χ2n) is 6.96. The van der Waals surface area contributed by atoms with Crippen LogP contribution in [0.15, 0.2) is 30.4 Å². The number of benzene rings is 1. The summed E-state index contributed by atoms with van der Waals surface area (Å²) < 4.78 is 5.45. The molecular weight excluding hydrogens is 260 g/mol. The Morgan fingerprint density at radius 1 is 1.14 bits per heavy atom. The van der Waals surface area contributed by atoms with Gasteiger partial charge in [0.2, 0.25) is 0 Å². The first kappa shape index (κ1) is 13.1. The minimum Gasteiger partial charge on any atom is -0.497 e. The van der Waals surface area contributed by atoms with E-state index in [4.69, 9.17) is 4.74 Å². The summed E-state index contributed by atoms with van der Waals surface area (Å²) in [6.07, 6.45) is 12.2. The van der Waals surface area contributed by atoms with E-state index in [1.165, 1.54) is 43.2 Å². The molecule has 0 bridgehead atoms. The zero-order chi connectivity index (χ0) is 14.5. The average Bonchev–Trinajstić information content (AvgIpc) is 3.07. The first-order valence-electron chi connectivity index (χ1n) is 8.09. The molecule has 2 spiro atoms. The molecule has 1 saturated carbocycles. The lowest BCUT2D eigenvalue weighted by Crippen LogP contribution is -2.41. The summed E-state index contributed by atoms with van der Waals surface area (Å²) in [7, 11) is 1.73. The van der Waals surface area contributed by atoms with Crippen molar-refractivity contribution in [1.82, 2.24) is 0 Å². The van der Waals surface area contributed by atoms with Crippen molar-refractivity contribution >= 4 is 5.78 Å². The van der Waals surface area contributed by atoms with Gasteiger partial charge in [0.15, 0.2) is 5.78 Å². The summed E-state index contributed by atoms with van der Waals surface area (Å²) in [5.41, 5.74) is 3.31. The predicted molar refractivity (Wildman–Crippen MR) is 82.7 cm³/mol. The van der Waals surface area contributed by atoms with Gasteiger partial charge in [-0.2, -0.15) is 0 Å². The number of hydrogen-bond acceptors (Lipinski definition) is 2. The van der Waals surface area contributed by atoms with Crippen LogP contribution in [0, 0.1) is 5.41 Å². The molecule has 0 N–H and O–H groups in total. The van der Waals surface area contributed by atoms with Crippen LogP contribution >= 0.6 is 0 Å². The molecule has 1 aromatic carbocycles. The number of carbonyl (C=O) groups is 1. The van der Waals surface area contributed by atoms with Gasteiger partial charge in [-0.3, -0.25) is 4.79 Å². The maximum absolute atomic E-state index is 11.7. The highest BCUT2D eigenvalue weighted by Gasteiger charge is 2.57. The van der Waals surface area contributed by atoms with Gasteiger partial charge in [0.25, 0.3) is 0 Å². The maximum atomic E-state index is 11.7. The number of allylic oxidation sites excluding steroid dienone is 2. The van der Waals surface area contributed by atoms with Crippen molar-refractivity contribution < 1.29 is 9.53 Å². The van der Waals surface area contributed by atoms with Crippen LogP contribution in [0.5, 0.6) is 5.75 Å². The second kappa shape index (κ2) is 4.46. The van der Waals surface area contributed by atoms with Crippen LogP contribution < -0.4 is 4.74 Å². The highest BCUT2D eigenvalue weighted by molar-refractivity contribution is 5.91. The van der Waals surface area contributed by atoms with E-state index in [0.717, 1.165) is 12.2 Å². The van der Waals surface area contributed by atoms with Gasteiger partial charge in [-0.25, -0.2) is 0 Å². The maximum Gasteiger partial charge on any atom is 0.155 e. The van der Waals surface area contributed by atoms with Crippen molar-refractivity contribution in [3.8, 4) is 5.75 Å². The van der Waals surface area contributed by atoms with E-state index in [-0.39, 0.29) is 11.2 Å². The molecular formula is C19H22O2. The number of ketones is 1. The fraction of sp³-hybridized carbons (Fsp3) is 0.526. The SMILES string of the molecule is COc1ccc2c(c1)C1(C=CC(=O)CC1)C1(CCCC1)C2. The van der Waals surface area contributed by atoms with E-state index < -0.39 is 0 Å². The first-order chi connectivity index (χ1) is 10.2. The molecule has 2 nitrogen and oxygen atoms in total. The van der Waals surface area contributed by atoms with Gasteiger partial charge in [0.1, 0.15) is 5.75 Å². The molecule has 3 aliphatic carbocycles. The van der Waals surface area contributed by atoms with E-state index in [0.29, 0.717) is 11.8 Å². The van der Waals surface area contributed by atoms with Crippen molar-refractivity contribution in [2.24, 2.45) is 5.41 Å². The highest BCUT2D eigenvalue weighted by Crippen LogP contribution is 2.63. The van der Waals surface area contributed by atoms with E-state index in [1.54, 1.807) is 7.11 Å². The van der Waals surface area contributed by atoms with E-state index in [2.05, 4.69) is 24.3 Å². The molecule has 0 aliphatic heterocycles. The Hall–Kier alpha value is -1.57. The van der Waals surface area contributed by atoms with Crippen LogP contribution in [0.1, 0.15) is 49.7 Å². The molecule has 1 atom stereocenters. The fourth-order valence-electron chi connectivity index (χ4n) is 5.12. The highest BCUT2D eigenvalue weighted by atomic mass is 16.5. The molecule has 1 unspecified atom stereocenters. The number of carbonyl (C=O) groups excluding carboxylic acids is 1. The molecule has 0 saturated heterocycles. The van der Waals surface area contributed by atoms with Crippen LogP contribution in [-0.4, -0.2) is 12.9 Å². The molecule has 4 rings (SSSR count). The molecule has 2 heteroatoms. The van der Waals surface area contributed by atoms with Gasteiger partial charge in [-0.15, -0.1) is 0 Å². The standard InChI is InChI=1S/C19H22O2/c1-21-16-5-4-14-13-18(8-2-3-9-18)19(17(14)12-16)10-6-15(20)7-11-19/h4-6,10,12H,2-3,7-9,11,13H2,1H3. The summed E-state index contributed by atoms with van der Waals surface area (Å²) in [5, 5.41) is 0. The molecule has 21 heavy (non-hydrogen) atoms. The Morgan fingerprint density at radius 3 is 2.62 bits per heavy atom. The third kappa shape index (κ3) is 1.68. The van der Waals surface area contributed by atoms with E-state index in [9.17, 15) is 4.79 Å². The second-order valence-corrected chi connectivity index (χ2v) is 6.96. The van der Waals surface area contributed by atoms with Crippen molar-refractivity contribution in [2.75, 3.05) is 7.11 Å². The molecule has 0 radical (unpaired) electrons. The Labute approximate surface area is 126 Å². The minimum atomic E-state index is 0.0707. The van der Waals surface area contributed by atoms with Gasteiger partial charge in [-0.1, -0.05) is 25.0 Å². The smallest absolute Gasteiger partial charge is 0.155 e. The van der Waals surface area contributed by atoms with Gasteiger partial charge < -0.3 is 4.74 Å². The van der Waals surface area contributed by atoms with E-state index >= 15 is 0 Å². The lowest BCUT2D eigenvalue weighted by atomic mass is 9.58. The lowest BCUT2D eigenvalue weighted by molar-refractivity contribution is -0.115. The number of methoxy groups -OCH3 is 1. The molecule has 3 aliphatic rings. The topological polar surface area (TPSA) is 26.3 Å². The largest absolute Gasteiger partial charge is 0.497 e. The van der Waals surface area contributed by atoms with Crippen LogP contribution in [0.3, 0.4) is 0 Å². The monoisotopic (exact) mass is 282 g/mol. The zero-order valence-electron chi connectivity index (χ0n) is 12.7. The van der Waals surface area contributed by atoms with Crippen LogP contribution in [0.25, 0.3) is 0 Å². The number of rotatable bonds is 1. The first-order valence-corrected chi connectivity index (χ1v) is 8.09. The Balaban J connectivity index is 1.91. The summed E-state index contributed by atoms with van der Waals surface area (Å²) in [6.45, 7) is 0. The van der Waals surface area contributed by atoms with Crippen LogP contribution in [0.4, 0.5) is 0 Å². The van der Waals surface area contributed by atoms with Gasteiger partial charge >= 0.3 is 0 Å². The third-order valence-electron chi connectivity index (χ3n) is 6.15. The van der Waals surface area contributed by atoms with Gasteiger partial charge in [0.05, 0.1) is 7.11 Å². The molecule has 1 aromatic rings. The average molecular weight is 282 g/mol. The summed E-state index contributed by atoms with van der Waals surface area (Å²) in [6, 6.07) is 6.55. The molecule has 1 fully saturated rings. The zero-order valence-corrected chi connectivity index (χ0v) is 12.7. The number of fused-ring (bicyclic) bond motifs is 3. The Kier molecular flexibility index (Phi) is 2.79. The van der Waals surface area contributed by atoms with Crippen LogP contribution in [-0.2, 0) is 16.6 Å². The number of ether oxygens (including phenoxy) is 1. The summed E-state index contributed by atoms with van der Waals surface area (Å²) in [5.74, 6) is 1.22. The predicted octanol–water partition coefficient (Wildman–Crippen LogP) is 3.97. The minimum absolute atomic E-state index is 0.0707. The normalized spacial score (nSPS) is 29.3. The summed E-state index contributed by atoms with van der Waals surface area (Å²) in [4.78, 5) is 11.7. The van der Waals surface area contributed by atoms with Crippen molar-refractivity contribution in [3.63, 3.8) is 0 Å². The summed E-state index contributed by atoms with van der Waals surface area (Å²) >= 11 is 0. The Bertz CT molecular complexity index is 622. The van der Waals surface area contributed by atoms with Crippen LogP contribution in [0.2, 0.25) is 0 Å². The Morgan fingerprint density at radius 2 is 1.95 bits per heavy atom. The quantitative estimate of drug-likeness (QED) is 0.779. The number of hydrogen-bond donors (Lipinski definition) is 0. The van der Waals surface area contributed by atoms with Gasteiger partial charge in [-0.05, 0) is 60.4 Å².